The van der Waals surface area contributed by atoms with Crippen LogP contribution in [0.15, 0.2) is 24.4 Å². The molecule has 0 unspecified atom stereocenters. The van der Waals surface area contributed by atoms with Gasteiger partial charge in [0.05, 0.1) is 11.9 Å². The Kier molecular flexibility index (Phi) is 5.80. The summed E-state index contributed by atoms with van der Waals surface area (Å²) in [5.41, 5.74) is -0.694. The highest BCUT2D eigenvalue weighted by atomic mass is 19.1. The zero-order valence-corrected chi connectivity index (χ0v) is 14.5. The quantitative estimate of drug-likeness (QED) is 0.639. The van der Waals surface area contributed by atoms with Crippen molar-refractivity contribution in [1.29, 1.82) is 0 Å². The number of hydrogen-bond acceptors (Lipinski definition) is 4. The van der Waals surface area contributed by atoms with E-state index < -0.39 is 29.0 Å². The molecule has 1 aromatic carbocycles. The number of aromatic amines is 1. The largest absolute Gasteiger partial charge is 0.396 e. The van der Waals surface area contributed by atoms with E-state index in [1.807, 2.05) is 0 Å². The molecule has 1 fully saturated rings. The number of nitrogens with one attached hydrogen (secondary N) is 3. The average Bonchev–Trinajstić information content (AvgIpc) is 3.10. The number of nitrogens with zero attached hydrogens (tertiary/aromatic N) is 1. The van der Waals surface area contributed by atoms with Crippen molar-refractivity contribution in [1.82, 2.24) is 15.5 Å². The fraction of sp³-hybridized carbons (Fsp3) is 0.389. The minimum atomic E-state index is -1.01. The number of H-pyrrole nitrogens is 1. The molecule has 1 aliphatic carbocycles. The van der Waals surface area contributed by atoms with E-state index in [0.29, 0.717) is 0 Å². The molecule has 1 aliphatic rings. The Morgan fingerprint density at radius 1 is 1.19 bits per heavy atom. The summed E-state index contributed by atoms with van der Waals surface area (Å²) in [6, 6.07) is 3.06. The lowest BCUT2D eigenvalue weighted by atomic mass is 9.86. The molecule has 27 heavy (non-hydrogen) atoms. The van der Waals surface area contributed by atoms with Gasteiger partial charge < -0.3 is 15.7 Å². The fourth-order valence-corrected chi connectivity index (χ4v) is 3.20. The van der Waals surface area contributed by atoms with Gasteiger partial charge in [-0.15, -0.1) is 0 Å². The average molecular weight is 380 g/mol. The Balaban J connectivity index is 0.00000280. The van der Waals surface area contributed by atoms with Gasteiger partial charge in [-0.25, -0.2) is 8.78 Å². The molecule has 1 aromatic heterocycles. The SMILES string of the molecule is O=C(NC1CCC(CO)CC1)c1[nH]ncc1NC(=O)c1c(F)cccc1F.[HH]. The molecule has 0 aliphatic heterocycles. The van der Waals surface area contributed by atoms with Crippen molar-refractivity contribution < 1.29 is 24.9 Å². The molecule has 0 atom stereocenters. The molecule has 1 heterocycles. The van der Waals surface area contributed by atoms with Crippen LogP contribution in [-0.4, -0.2) is 39.8 Å². The van der Waals surface area contributed by atoms with Crippen LogP contribution in [0.4, 0.5) is 14.5 Å². The van der Waals surface area contributed by atoms with Crippen LogP contribution in [0, 0.1) is 17.6 Å². The summed E-state index contributed by atoms with van der Waals surface area (Å²) in [7, 11) is 0. The fourth-order valence-electron chi connectivity index (χ4n) is 3.20. The molecule has 2 amide bonds. The molecule has 4 N–H and O–H groups in total. The lowest BCUT2D eigenvalue weighted by Crippen LogP contribution is -2.38. The van der Waals surface area contributed by atoms with Crippen molar-refractivity contribution in [3.05, 3.63) is 47.3 Å². The number of halogens is 2. The Hall–Kier alpha value is -2.81. The minimum absolute atomic E-state index is 0. The summed E-state index contributed by atoms with van der Waals surface area (Å²) in [4.78, 5) is 24.7. The van der Waals surface area contributed by atoms with E-state index in [1.54, 1.807) is 0 Å². The first kappa shape index (κ1) is 19.0. The number of anilines is 1. The van der Waals surface area contributed by atoms with E-state index in [9.17, 15) is 18.4 Å². The van der Waals surface area contributed by atoms with Crippen molar-refractivity contribution in [3.8, 4) is 0 Å². The van der Waals surface area contributed by atoms with Gasteiger partial charge in [0.2, 0.25) is 0 Å². The summed E-state index contributed by atoms with van der Waals surface area (Å²) in [5, 5.41) is 20.6. The van der Waals surface area contributed by atoms with Gasteiger partial charge in [0, 0.05) is 14.1 Å². The van der Waals surface area contributed by atoms with Crippen LogP contribution in [0.3, 0.4) is 0 Å². The van der Waals surface area contributed by atoms with Crippen molar-refractivity contribution in [2.24, 2.45) is 5.92 Å². The van der Waals surface area contributed by atoms with E-state index in [0.717, 1.165) is 43.9 Å². The maximum Gasteiger partial charge on any atom is 0.271 e. The van der Waals surface area contributed by atoms with Crippen LogP contribution in [-0.2, 0) is 0 Å². The van der Waals surface area contributed by atoms with Gasteiger partial charge in [-0.2, -0.15) is 5.10 Å². The number of amides is 2. The van der Waals surface area contributed by atoms with Crippen LogP contribution in [0.2, 0.25) is 0 Å². The second-order valence-corrected chi connectivity index (χ2v) is 6.58. The normalized spacial score (nSPS) is 19.5. The van der Waals surface area contributed by atoms with Gasteiger partial charge in [0.15, 0.2) is 0 Å². The molecule has 3 rings (SSSR count). The van der Waals surface area contributed by atoms with E-state index in [2.05, 4.69) is 20.8 Å². The zero-order chi connectivity index (χ0) is 19.4. The number of rotatable bonds is 5. The zero-order valence-electron chi connectivity index (χ0n) is 14.5. The lowest BCUT2D eigenvalue weighted by Gasteiger charge is -2.27. The molecule has 0 bridgehead atoms. The first-order valence-corrected chi connectivity index (χ1v) is 8.70. The number of aromatic nitrogens is 2. The molecule has 1 saturated carbocycles. The topological polar surface area (TPSA) is 107 Å². The minimum Gasteiger partial charge on any atom is -0.396 e. The molecular formula is C18H22F2N4O3. The molecule has 0 spiro atoms. The summed E-state index contributed by atoms with van der Waals surface area (Å²) in [6.07, 6.45) is 4.33. The van der Waals surface area contributed by atoms with E-state index in [-0.39, 0.29) is 31.4 Å². The van der Waals surface area contributed by atoms with E-state index >= 15 is 0 Å². The predicted octanol–water partition coefficient (Wildman–Crippen LogP) is 2.47. The predicted molar refractivity (Wildman–Crippen MR) is 95.3 cm³/mol. The summed E-state index contributed by atoms with van der Waals surface area (Å²) >= 11 is 0. The van der Waals surface area contributed by atoms with Gasteiger partial charge in [0.25, 0.3) is 11.8 Å². The number of carbonyl (C=O) groups is 2. The highest BCUT2D eigenvalue weighted by Crippen LogP contribution is 2.24. The van der Waals surface area contributed by atoms with Gasteiger partial charge in [0.1, 0.15) is 22.9 Å². The van der Waals surface area contributed by atoms with Crippen LogP contribution in [0.25, 0.3) is 0 Å². The molecule has 9 heteroatoms. The lowest BCUT2D eigenvalue weighted by molar-refractivity contribution is 0.0909. The van der Waals surface area contributed by atoms with Crippen LogP contribution < -0.4 is 10.6 Å². The Bertz CT molecular complexity index is 818. The molecule has 0 saturated heterocycles. The van der Waals surface area contributed by atoms with Gasteiger partial charge >= 0.3 is 0 Å². The molecule has 0 radical (unpaired) electrons. The van der Waals surface area contributed by atoms with Crippen LogP contribution in [0.5, 0.6) is 0 Å². The van der Waals surface area contributed by atoms with Crippen molar-refractivity contribution in [2.75, 3.05) is 11.9 Å². The van der Waals surface area contributed by atoms with Crippen molar-refractivity contribution >= 4 is 17.5 Å². The van der Waals surface area contributed by atoms with Gasteiger partial charge in [-0.1, -0.05) is 6.07 Å². The van der Waals surface area contributed by atoms with Crippen LogP contribution in [0.1, 0.15) is 48.0 Å². The highest BCUT2D eigenvalue weighted by molar-refractivity contribution is 6.08. The molecule has 7 nitrogen and oxygen atoms in total. The molecule has 2 aromatic rings. The first-order valence-electron chi connectivity index (χ1n) is 8.70. The highest BCUT2D eigenvalue weighted by Gasteiger charge is 2.25. The maximum atomic E-state index is 13.7. The Morgan fingerprint density at radius 3 is 2.48 bits per heavy atom. The third kappa shape index (κ3) is 4.30. The van der Waals surface area contributed by atoms with E-state index in [1.165, 1.54) is 6.20 Å². The van der Waals surface area contributed by atoms with Gasteiger partial charge in [-0.3, -0.25) is 14.7 Å². The molecule has 146 valence electrons. The second kappa shape index (κ2) is 8.26. The maximum absolute atomic E-state index is 13.7. The summed E-state index contributed by atoms with van der Waals surface area (Å²) in [5.74, 6) is -3.21. The first-order chi connectivity index (χ1) is 13.0. The number of carbonyl (C=O) groups excluding carboxylic acids is 2. The number of hydrogen-bond donors (Lipinski definition) is 4. The third-order valence-electron chi connectivity index (χ3n) is 4.74. The van der Waals surface area contributed by atoms with Gasteiger partial charge in [-0.05, 0) is 43.7 Å². The monoisotopic (exact) mass is 380 g/mol. The van der Waals surface area contributed by atoms with Crippen molar-refractivity contribution in [3.63, 3.8) is 0 Å². The summed E-state index contributed by atoms with van der Waals surface area (Å²) < 4.78 is 27.5. The second-order valence-electron chi connectivity index (χ2n) is 6.58. The van der Waals surface area contributed by atoms with Crippen LogP contribution >= 0.6 is 0 Å². The van der Waals surface area contributed by atoms with E-state index in [4.69, 9.17) is 5.11 Å². The Labute approximate surface area is 155 Å². The summed E-state index contributed by atoms with van der Waals surface area (Å²) in [6.45, 7) is 0.143. The number of aliphatic hydroxyl groups excluding tert-OH is 1. The Morgan fingerprint density at radius 2 is 1.85 bits per heavy atom. The third-order valence-corrected chi connectivity index (χ3v) is 4.74. The number of aliphatic hydroxyl groups is 1. The number of benzene rings is 1. The van der Waals surface area contributed by atoms with Crippen molar-refractivity contribution in [2.45, 2.75) is 31.7 Å². The molecular weight excluding hydrogens is 358 g/mol. The smallest absolute Gasteiger partial charge is 0.271 e. The standard InChI is InChI=1S/C18H20F2N4O3.H2/c19-12-2-1-3-13(20)15(12)17(26)23-14-8-21-24-16(14)18(27)22-11-6-4-10(9-25)5-7-11;/h1-3,8,10-11,25H,4-7,9H2,(H,21,24)(H,22,27)(H,23,26);1H.